The molecular weight excluding hydrogens is 256 g/mol. The first-order chi connectivity index (χ1) is 10.3. The second-order valence-corrected chi connectivity index (χ2v) is 6.57. The minimum absolute atomic E-state index is 0.590. The summed E-state index contributed by atoms with van der Waals surface area (Å²) < 4.78 is 0. The van der Waals surface area contributed by atoms with Gasteiger partial charge in [-0.2, -0.15) is 0 Å². The molecule has 3 rings (SSSR count). The highest BCUT2D eigenvalue weighted by Gasteiger charge is 2.24. The zero-order chi connectivity index (χ0) is 14.7. The van der Waals surface area contributed by atoms with Crippen LogP contribution in [-0.4, -0.2) is 17.6 Å². The fourth-order valence-electron chi connectivity index (χ4n) is 3.66. The summed E-state index contributed by atoms with van der Waals surface area (Å²) in [6, 6.07) is 7.61. The molecular formula is C19H28N2. The average molecular weight is 284 g/mol. The predicted octanol–water partition coefficient (Wildman–Crippen LogP) is 4.76. The zero-order valence-electron chi connectivity index (χ0n) is 13.4. The highest BCUT2D eigenvalue weighted by Crippen LogP contribution is 2.31. The van der Waals surface area contributed by atoms with Crippen molar-refractivity contribution in [1.82, 2.24) is 10.3 Å². The van der Waals surface area contributed by atoms with E-state index in [0.717, 1.165) is 0 Å². The van der Waals surface area contributed by atoms with E-state index in [1.165, 1.54) is 67.1 Å². The van der Waals surface area contributed by atoms with Crippen molar-refractivity contribution in [2.75, 3.05) is 6.54 Å². The summed E-state index contributed by atoms with van der Waals surface area (Å²) >= 11 is 0. The van der Waals surface area contributed by atoms with Crippen LogP contribution in [0.1, 0.15) is 63.0 Å². The second-order valence-electron chi connectivity index (χ2n) is 6.57. The summed E-state index contributed by atoms with van der Waals surface area (Å²) in [6.07, 6.45) is 10.0. The van der Waals surface area contributed by atoms with E-state index >= 15 is 0 Å². The lowest BCUT2D eigenvalue weighted by Crippen LogP contribution is -2.27. The fourth-order valence-corrected chi connectivity index (χ4v) is 3.66. The number of aromatic nitrogens is 1. The van der Waals surface area contributed by atoms with Gasteiger partial charge in [-0.1, -0.05) is 32.8 Å². The smallest absolute Gasteiger partial charge is 0.0457 e. The first-order valence-corrected chi connectivity index (χ1v) is 8.63. The number of aromatic amines is 1. The lowest BCUT2D eigenvalue weighted by molar-refractivity contribution is 0.520. The van der Waals surface area contributed by atoms with Crippen molar-refractivity contribution in [2.45, 2.75) is 64.3 Å². The maximum Gasteiger partial charge on any atom is 0.0457 e. The van der Waals surface area contributed by atoms with Gasteiger partial charge >= 0.3 is 0 Å². The SMILES string of the molecule is CCCCCc1ccc2[nH]cc(C(C)C3CCCN3)c2c1. The second kappa shape index (κ2) is 6.65. The number of fused-ring (bicyclic) bond motifs is 1. The number of benzene rings is 1. The average Bonchev–Trinajstić information content (AvgIpc) is 3.16. The first kappa shape index (κ1) is 14.6. The molecule has 2 N–H and O–H groups in total. The zero-order valence-corrected chi connectivity index (χ0v) is 13.4. The van der Waals surface area contributed by atoms with E-state index in [4.69, 9.17) is 0 Å². The normalized spacial score (nSPS) is 20.2. The van der Waals surface area contributed by atoms with Gasteiger partial charge in [-0.3, -0.25) is 0 Å². The van der Waals surface area contributed by atoms with Crippen molar-refractivity contribution in [3.8, 4) is 0 Å². The van der Waals surface area contributed by atoms with Crippen molar-refractivity contribution in [3.63, 3.8) is 0 Å². The molecule has 0 radical (unpaired) electrons. The molecule has 2 aromatic rings. The van der Waals surface area contributed by atoms with Crippen LogP contribution in [0, 0.1) is 0 Å². The van der Waals surface area contributed by atoms with Crippen LogP contribution in [0.25, 0.3) is 10.9 Å². The van der Waals surface area contributed by atoms with E-state index in [1.807, 2.05) is 0 Å². The van der Waals surface area contributed by atoms with Gasteiger partial charge in [0.1, 0.15) is 0 Å². The topological polar surface area (TPSA) is 27.8 Å². The molecule has 0 aliphatic carbocycles. The summed E-state index contributed by atoms with van der Waals surface area (Å²) in [5.41, 5.74) is 4.26. The number of rotatable bonds is 6. The van der Waals surface area contributed by atoms with Gasteiger partial charge in [-0.15, -0.1) is 0 Å². The van der Waals surface area contributed by atoms with Crippen LogP contribution in [0.2, 0.25) is 0 Å². The van der Waals surface area contributed by atoms with E-state index in [1.54, 1.807) is 0 Å². The Kier molecular flexibility index (Phi) is 4.64. The molecule has 1 aliphatic heterocycles. The monoisotopic (exact) mass is 284 g/mol. The number of unbranched alkanes of at least 4 members (excludes halogenated alkanes) is 2. The van der Waals surface area contributed by atoms with Gasteiger partial charge in [0, 0.05) is 23.1 Å². The predicted molar refractivity (Wildman–Crippen MR) is 91.0 cm³/mol. The summed E-state index contributed by atoms with van der Waals surface area (Å²) in [4.78, 5) is 3.46. The van der Waals surface area contributed by atoms with Crippen LogP contribution in [-0.2, 0) is 6.42 Å². The molecule has 2 nitrogen and oxygen atoms in total. The third-order valence-corrected chi connectivity index (χ3v) is 5.04. The third-order valence-electron chi connectivity index (χ3n) is 5.04. The molecule has 2 heteroatoms. The third kappa shape index (κ3) is 3.16. The summed E-state index contributed by atoms with van der Waals surface area (Å²) in [7, 11) is 0. The minimum atomic E-state index is 0.590. The van der Waals surface area contributed by atoms with Crippen molar-refractivity contribution in [2.24, 2.45) is 0 Å². The Morgan fingerprint density at radius 2 is 2.19 bits per heavy atom. The summed E-state index contributed by atoms with van der Waals surface area (Å²) in [6.45, 7) is 5.82. The molecule has 0 saturated carbocycles. The van der Waals surface area contributed by atoms with Crippen molar-refractivity contribution >= 4 is 10.9 Å². The minimum Gasteiger partial charge on any atom is -0.361 e. The summed E-state index contributed by atoms with van der Waals surface area (Å²) in [5, 5.41) is 5.09. The van der Waals surface area contributed by atoms with E-state index in [-0.39, 0.29) is 0 Å². The van der Waals surface area contributed by atoms with Crippen LogP contribution in [0.4, 0.5) is 0 Å². The van der Waals surface area contributed by atoms with Crippen LogP contribution in [0.5, 0.6) is 0 Å². The van der Waals surface area contributed by atoms with Crippen molar-refractivity contribution < 1.29 is 0 Å². The van der Waals surface area contributed by atoms with Gasteiger partial charge < -0.3 is 10.3 Å². The van der Waals surface area contributed by atoms with E-state index in [0.29, 0.717) is 12.0 Å². The van der Waals surface area contributed by atoms with E-state index in [9.17, 15) is 0 Å². The Bertz CT molecular complexity index is 578. The number of aryl methyl sites for hydroxylation is 1. The highest BCUT2D eigenvalue weighted by molar-refractivity contribution is 5.84. The number of hydrogen-bond donors (Lipinski definition) is 2. The fraction of sp³-hybridized carbons (Fsp3) is 0.579. The lowest BCUT2D eigenvalue weighted by Gasteiger charge is -2.19. The molecule has 1 saturated heterocycles. The van der Waals surface area contributed by atoms with Crippen molar-refractivity contribution in [3.05, 3.63) is 35.5 Å². The molecule has 0 amide bonds. The van der Waals surface area contributed by atoms with Crippen LogP contribution >= 0.6 is 0 Å². The van der Waals surface area contributed by atoms with Gasteiger partial charge in [0.2, 0.25) is 0 Å². The standard InChI is InChI=1S/C19H28N2/c1-3-4-5-7-15-9-10-19-16(12-15)17(13-21-19)14(2)18-8-6-11-20-18/h9-10,12-14,18,20-21H,3-8,11H2,1-2H3. The number of H-pyrrole nitrogens is 1. The Labute approximate surface area is 128 Å². The van der Waals surface area contributed by atoms with Crippen molar-refractivity contribution in [1.29, 1.82) is 0 Å². The van der Waals surface area contributed by atoms with E-state index < -0.39 is 0 Å². The van der Waals surface area contributed by atoms with Gasteiger partial charge in [-0.05, 0) is 61.4 Å². The largest absolute Gasteiger partial charge is 0.361 e. The molecule has 2 heterocycles. The Hall–Kier alpha value is -1.28. The lowest BCUT2D eigenvalue weighted by atomic mass is 9.91. The Balaban J connectivity index is 1.83. The molecule has 114 valence electrons. The molecule has 1 fully saturated rings. The molecule has 21 heavy (non-hydrogen) atoms. The molecule has 0 bridgehead atoms. The highest BCUT2D eigenvalue weighted by atomic mass is 14.9. The molecule has 1 aromatic carbocycles. The van der Waals surface area contributed by atoms with Gasteiger partial charge in [-0.25, -0.2) is 0 Å². The quantitative estimate of drug-likeness (QED) is 0.736. The molecule has 1 aliphatic rings. The maximum atomic E-state index is 3.65. The van der Waals surface area contributed by atoms with Gasteiger partial charge in [0.05, 0.1) is 0 Å². The van der Waals surface area contributed by atoms with Gasteiger partial charge in [0.15, 0.2) is 0 Å². The van der Waals surface area contributed by atoms with Gasteiger partial charge in [0.25, 0.3) is 0 Å². The van der Waals surface area contributed by atoms with Crippen LogP contribution in [0.3, 0.4) is 0 Å². The molecule has 2 unspecified atom stereocenters. The molecule has 0 spiro atoms. The van der Waals surface area contributed by atoms with Crippen LogP contribution < -0.4 is 5.32 Å². The maximum absolute atomic E-state index is 3.65. The first-order valence-electron chi connectivity index (χ1n) is 8.63. The van der Waals surface area contributed by atoms with Crippen LogP contribution in [0.15, 0.2) is 24.4 Å². The number of hydrogen-bond acceptors (Lipinski definition) is 1. The Morgan fingerprint density at radius 1 is 1.29 bits per heavy atom. The van der Waals surface area contributed by atoms with E-state index in [2.05, 4.69) is 48.5 Å². The molecule has 1 aromatic heterocycles. The Morgan fingerprint density at radius 3 is 2.95 bits per heavy atom. The molecule has 2 atom stereocenters. The summed E-state index contributed by atoms with van der Waals surface area (Å²) in [5.74, 6) is 0.590. The number of nitrogens with one attached hydrogen (secondary N) is 2.